The van der Waals surface area contributed by atoms with Crippen LogP contribution in [0.25, 0.3) is 0 Å². The zero-order valence-corrected chi connectivity index (χ0v) is 9.73. The van der Waals surface area contributed by atoms with Crippen molar-refractivity contribution in [2.45, 2.75) is 19.3 Å². The molecule has 6 nitrogen and oxygen atoms in total. The molecule has 0 aliphatic heterocycles. The van der Waals surface area contributed by atoms with Crippen molar-refractivity contribution in [3.63, 3.8) is 0 Å². The second kappa shape index (κ2) is 4.64. The van der Waals surface area contributed by atoms with Gasteiger partial charge in [0.2, 0.25) is 0 Å². The molecule has 1 aromatic heterocycles. The molecule has 18 heavy (non-hydrogen) atoms. The molecular formula is C12H14N2O4. The highest BCUT2D eigenvalue weighted by Gasteiger charge is 2.44. The number of hydrogen-bond acceptors (Lipinski definition) is 3. The van der Waals surface area contributed by atoms with E-state index in [-0.39, 0.29) is 12.1 Å². The Hall–Kier alpha value is -2.11. The molecule has 0 bridgehead atoms. The van der Waals surface area contributed by atoms with Crippen molar-refractivity contribution in [1.82, 2.24) is 10.3 Å². The van der Waals surface area contributed by atoms with Gasteiger partial charge in [0.15, 0.2) is 0 Å². The van der Waals surface area contributed by atoms with Gasteiger partial charge in [-0.05, 0) is 25.0 Å². The van der Waals surface area contributed by atoms with Gasteiger partial charge in [-0.2, -0.15) is 0 Å². The number of hydrogen-bond donors (Lipinski definition) is 3. The van der Waals surface area contributed by atoms with E-state index in [2.05, 4.69) is 10.3 Å². The number of H-pyrrole nitrogens is 1. The lowest BCUT2D eigenvalue weighted by atomic mass is 9.69. The lowest BCUT2D eigenvalue weighted by molar-refractivity contribution is -0.153. The fourth-order valence-corrected chi connectivity index (χ4v) is 2.01. The minimum Gasteiger partial charge on any atom is -0.481 e. The van der Waals surface area contributed by atoms with Crippen molar-refractivity contribution < 1.29 is 14.7 Å². The summed E-state index contributed by atoms with van der Waals surface area (Å²) >= 11 is 0. The molecular weight excluding hydrogens is 236 g/mol. The van der Waals surface area contributed by atoms with Gasteiger partial charge in [0, 0.05) is 12.7 Å². The van der Waals surface area contributed by atoms with E-state index in [0.717, 1.165) is 6.42 Å². The highest BCUT2D eigenvalue weighted by Crippen LogP contribution is 2.40. The number of carboxylic acid groups (broad SMARTS) is 1. The highest BCUT2D eigenvalue weighted by atomic mass is 16.4. The van der Waals surface area contributed by atoms with Crippen LogP contribution >= 0.6 is 0 Å². The molecule has 6 heteroatoms. The van der Waals surface area contributed by atoms with E-state index in [0.29, 0.717) is 12.8 Å². The maximum atomic E-state index is 11.8. The third-order valence-electron chi connectivity index (χ3n) is 3.41. The molecule has 1 heterocycles. The summed E-state index contributed by atoms with van der Waals surface area (Å²) in [7, 11) is 0. The van der Waals surface area contributed by atoms with Gasteiger partial charge in [-0.25, -0.2) is 0 Å². The number of carbonyl (C=O) groups is 2. The van der Waals surface area contributed by atoms with Crippen molar-refractivity contribution in [3.8, 4) is 0 Å². The van der Waals surface area contributed by atoms with E-state index in [9.17, 15) is 14.4 Å². The van der Waals surface area contributed by atoms with E-state index < -0.39 is 22.9 Å². The summed E-state index contributed by atoms with van der Waals surface area (Å²) in [5.41, 5.74) is -1.33. The molecule has 1 aliphatic rings. The number of carboxylic acids is 1. The average Bonchev–Trinajstić information content (AvgIpc) is 2.27. The van der Waals surface area contributed by atoms with E-state index in [1.807, 2.05) is 0 Å². The second-order valence-electron chi connectivity index (χ2n) is 4.53. The van der Waals surface area contributed by atoms with E-state index in [1.165, 1.54) is 12.3 Å². The first kappa shape index (κ1) is 12.3. The Morgan fingerprint density at radius 2 is 2.17 bits per heavy atom. The highest BCUT2D eigenvalue weighted by molar-refractivity contribution is 5.94. The zero-order chi connectivity index (χ0) is 13.2. The molecule has 0 radical (unpaired) electrons. The minimum absolute atomic E-state index is 0.00244. The first-order valence-corrected chi connectivity index (χ1v) is 5.74. The number of amides is 1. The van der Waals surface area contributed by atoms with Gasteiger partial charge in [-0.3, -0.25) is 14.4 Å². The van der Waals surface area contributed by atoms with Gasteiger partial charge in [0.1, 0.15) is 5.56 Å². The van der Waals surface area contributed by atoms with Gasteiger partial charge >= 0.3 is 5.97 Å². The summed E-state index contributed by atoms with van der Waals surface area (Å²) in [6.07, 6.45) is 3.42. The van der Waals surface area contributed by atoms with Crippen molar-refractivity contribution in [3.05, 3.63) is 34.2 Å². The van der Waals surface area contributed by atoms with Crippen molar-refractivity contribution >= 4 is 11.9 Å². The molecule has 1 amide bonds. The SMILES string of the molecule is O=C(NCC1(C(=O)O)CCC1)c1ccc[nH]c1=O. The number of pyridine rings is 1. The summed E-state index contributed by atoms with van der Waals surface area (Å²) in [6, 6.07) is 2.95. The third-order valence-corrected chi connectivity index (χ3v) is 3.41. The molecule has 0 unspecified atom stereocenters. The smallest absolute Gasteiger partial charge is 0.311 e. The number of rotatable bonds is 4. The number of nitrogens with one attached hydrogen (secondary N) is 2. The summed E-state index contributed by atoms with van der Waals surface area (Å²) in [5.74, 6) is -1.43. The van der Waals surface area contributed by atoms with E-state index >= 15 is 0 Å². The Bertz CT molecular complexity index is 531. The standard InChI is InChI=1S/C12H14N2O4/c15-9-8(3-1-6-13-9)10(16)14-7-12(11(17)18)4-2-5-12/h1,3,6H,2,4-5,7H2,(H,13,15)(H,14,16)(H,17,18). The van der Waals surface area contributed by atoms with Gasteiger partial charge in [0.05, 0.1) is 5.41 Å². The number of aromatic amines is 1. The van der Waals surface area contributed by atoms with Crippen molar-refractivity contribution in [2.24, 2.45) is 5.41 Å². The topological polar surface area (TPSA) is 99.3 Å². The van der Waals surface area contributed by atoms with Crippen LogP contribution in [0.3, 0.4) is 0 Å². The summed E-state index contributed by atoms with van der Waals surface area (Å²) in [5, 5.41) is 11.6. The molecule has 1 aliphatic carbocycles. The second-order valence-corrected chi connectivity index (χ2v) is 4.53. The Labute approximate surface area is 103 Å². The average molecular weight is 250 g/mol. The Morgan fingerprint density at radius 1 is 1.44 bits per heavy atom. The number of carbonyl (C=O) groups excluding carboxylic acids is 1. The van der Waals surface area contributed by atoms with Gasteiger partial charge < -0.3 is 15.4 Å². The van der Waals surface area contributed by atoms with Crippen LogP contribution in [0.5, 0.6) is 0 Å². The molecule has 96 valence electrons. The summed E-state index contributed by atoms with van der Waals surface area (Å²) < 4.78 is 0. The maximum Gasteiger partial charge on any atom is 0.311 e. The van der Waals surface area contributed by atoms with Crippen LogP contribution in [0, 0.1) is 5.41 Å². The van der Waals surface area contributed by atoms with Crippen LogP contribution in [0.1, 0.15) is 29.6 Å². The Kier molecular flexibility index (Phi) is 3.18. The fourth-order valence-electron chi connectivity index (χ4n) is 2.01. The summed E-state index contributed by atoms with van der Waals surface area (Å²) in [6.45, 7) is 0.0650. The predicted octanol–water partition coefficient (Wildman–Crippen LogP) is 0.360. The monoisotopic (exact) mass is 250 g/mol. The number of aliphatic carboxylic acids is 1. The predicted molar refractivity (Wildman–Crippen MR) is 63.3 cm³/mol. The Morgan fingerprint density at radius 3 is 2.67 bits per heavy atom. The normalized spacial score (nSPS) is 16.7. The van der Waals surface area contributed by atoms with Crippen LogP contribution in [-0.4, -0.2) is 28.5 Å². The molecule has 0 aromatic carbocycles. The largest absolute Gasteiger partial charge is 0.481 e. The van der Waals surface area contributed by atoms with Crippen LogP contribution < -0.4 is 10.9 Å². The Balaban J connectivity index is 2.03. The lowest BCUT2D eigenvalue weighted by Crippen LogP contribution is -2.48. The van der Waals surface area contributed by atoms with Crippen LogP contribution in [0.2, 0.25) is 0 Å². The number of aromatic nitrogens is 1. The van der Waals surface area contributed by atoms with Gasteiger partial charge in [0.25, 0.3) is 11.5 Å². The minimum atomic E-state index is -0.893. The summed E-state index contributed by atoms with van der Waals surface area (Å²) in [4.78, 5) is 36.6. The molecule has 3 N–H and O–H groups in total. The fraction of sp³-hybridized carbons (Fsp3) is 0.417. The molecule has 0 spiro atoms. The van der Waals surface area contributed by atoms with Crippen molar-refractivity contribution in [2.75, 3.05) is 6.54 Å². The van der Waals surface area contributed by atoms with Crippen LogP contribution in [0.4, 0.5) is 0 Å². The van der Waals surface area contributed by atoms with Gasteiger partial charge in [-0.15, -0.1) is 0 Å². The zero-order valence-electron chi connectivity index (χ0n) is 9.73. The third kappa shape index (κ3) is 2.13. The van der Waals surface area contributed by atoms with E-state index in [4.69, 9.17) is 5.11 Å². The molecule has 1 aromatic rings. The quantitative estimate of drug-likeness (QED) is 0.718. The van der Waals surface area contributed by atoms with Crippen LogP contribution in [-0.2, 0) is 4.79 Å². The lowest BCUT2D eigenvalue weighted by Gasteiger charge is -2.37. The maximum absolute atomic E-state index is 11.8. The van der Waals surface area contributed by atoms with Crippen molar-refractivity contribution in [1.29, 1.82) is 0 Å². The molecule has 1 saturated carbocycles. The molecule has 0 saturated heterocycles. The molecule has 2 rings (SSSR count). The first-order chi connectivity index (χ1) is 8.55. The first-order valence-electron chi connectivity index (χ1n) is 5.74. The molecule has 1 fully saturated rings. The molecule has 0 atom stereocenters. The van der Waals surface area contributed by atoms with Crippen LogP contribution in [0.15, 0.2) is 23.1 Å². The van der Waals surface area contributed by atoms with Gasteiger partial charge in [-0.1, -0.05) is 6.42 Å². The van der Waals surface area contributed by atoms with E-state index in [1.54, 1.807) is 6.07 Å².